The molecular formula is C16H14Br2N2O3. The van der Waals surface area contributed by atoms with Crippen molar-refractivity contribution in [3.8, 4) is 11.5 Å². The van der Waals surface area contributed by atoms with E-state index in [1.165, 1.54) is 12.3 Å². The van der Waals surface area contributed by atoms with E-state index in [0.29, 0.717) is 8.95 Å². The molecule has 0 atom stereocenters. The molecule has 0 aliphatic rings. The number of halogens is 2. The lowest BCUT2D eigenvalue weighted by Gasteiger charge is -2.06. The minimum atomic E-state index is -0.534. The van der Waals surface area contributed by atoms with E-state index in [9.17, 15) is 15.0 Å². The molecule has 120 valence electrons. The van der Waals surface area contributed by atoms with Crippen LogP contribution in [-0.2, 0) is 0 Å². The van der Waals surface area contributed by atoms with Gasteiger partial charge in [-0.3, -0.25) is 4.79 Å². The van der Waals surface area contributed by atoms with Crippen LogP contribution in [0, 0.1) is 13.8 Å². The van der Waals surface area contributed by atoms with E-state index in [1.807, 2.05) is 0 Å². The van der Waals surface area contributed by atoms with Gasteiger partial charge in [0.15, 0.2) is 0 Å². The molecule has 0 bridgehead atoms. The third kappa shape index (κ3) is 4.11. The van der Waals surface area contributed by atoms with Gasteiger partial charge >= 0.3 is 0 Å². The Morgan fingerprint density at radius 2 is 1.70 bits per heavy atom. The van der Waals surface area contributed by atoms with Crippen molar-refractivity contribution < 1.29 is 15.0 Å². The minimum absolute atomic E-state index is 0.0986. The topological polar surface area (TPSA) is 81.9 Å². The van der Waals surface area contributed by atoms with Crippen LogP contribution in [0.3, 0.4) is 0 Å². The molecule has 5 nitrogen and oxygen atoms in total. The molecule has 23 heavy (non-hydrogen) atoms. The highest BCUT2D eigenvalue weighted by Crippen LogP contribution is 2.31. The number of nitrogens with zero attached hydrogens (tertiary/aromatic N) is 1. The maximum absolute atomic E-state index is 12.1. The number of hydrazone groups is 1. The number of hydrogen-bond donors (Lipinski definition) is 3. The molecule has 7 heteroatoms. The lowest BCUT2D eigenvalue weighted by atomic mass is 10.1. The van der Waals surface area contributed by atoms with Crippen LogP contribution in [0.2, 0.25) is 0 Å². The highest BCUT2D eigenvalue weighted by atomic mass is 79.9. The SMILES string of the molecule is Cc1cc(/C=N/NC(=O)c2cc(Br)cc(Br)c2O)cc(C)c1O. The second kappa shape index (κ2) is 7.14. The number of aromatic hydroxyl groups is 2. The van der Waals surface area contributed by atoms with Crippen molar-refractivity contribution in [1.29, 1.82) is 0 Å². The summed E-state index contributed by atoms with van der Waals surface area (Å²) in [6.45, 7) is 3.57. The van der Waals surface area contributed by atoms with E-state index in [-0.39, 0.29) is 17.1 Å². The number of rotatable bonds is 3. The van der Waals surface area contributed by atoms with Gasteiger partial charge in [-0.05, 0) is 70.7 Å². The summed E-state index contributed by atoms with van der Waals surface area (Å²) in [5, 5.41) is 23.5. The average Bonchev–Trinajstić information content (AvgIpc) is 2.48. The summed E-state index contributed by atoms with van der Waals surface area (Å²) < 4.78 is 1.06. The van der Waals surface area contributed by atoms with Crippen LogP contribution >= 0.6 is 31.9 Å². The van der Waals surface area contributed by atoms with Crippen LogP contribution in [0.15, 0.2) is 38.3 Å². The van der Waals surface area contributed by atoms with Crippen molar-refractivity contribution in [3.05, 3.63) is 55.5 Å². The zero-order valence-corrected chi connectivity index (χ0v) is 15.6. The summed E-state index contributed by atoms with van der Waals surface area (Å²) in [6.07, 6.45) is 1.47. The number of amides is 1. The van der Waals surface area contributed by atoms with Gasteiger partial charge < -0.3 is 10.2 Å². The molecule has 2 rings (SSSR count). The number of phenols is 2. The van der Waals surface area contributed by atoms with Crippen molar-refractivity contribution in [2.75, 3.05) is 0 Å². The normalized spacial score (nSPS) is 11.0. The Kier molecular flexibility index (Phi) is 5.43. The van der Waals surface area contributed by atoms with Gasteiger partial charge in [0.1, 0.15) is 11.5 Å². The van der Waals surface area contributed by atoms with Gasteiger partial charge in [0.2, 0.25) is 0 Å². The van der Waals surface area contributed by atoms with Crippen molar-refractivity contribution in [2.45, 2.75) is 13.8 Å². The van der Waals surface area contributed by atoms with E-state index >= 15 is 0 Å². The Balaban J connectivity index is 2.16. The Morgan fingerprint density at radius 1 is 1.09 bits per heavy atom. The molecule has 0 spiro atoms. The Bertz CT molecular complexity index is 781. The van der Waals surface area contributed by atoms with E-state index < -0.39 is 5.91 Å². The second-order valence-corrected chi connectivity index (χ2v) is 6.76. The predicted molar refractivity (Wildman–Crippen MR) is 96.1 cm³/mol. The summed E-state index contributed by atoms with van der Waals surface area (Å²) in [7, 11) is 0. The second-order valence-electron chi connectivity index (χ2n) is 4.99. The number of carbonyl (C=O) groups is 1. The summed E-state index contributed by atoms with van der Waals surface area (Å²) in [6, 6.07) is 6.65. The van der Waals surface area contributed by atoms with Gasteiger partial charge in [-0.15, -0.1) is 0 Å². The molecule has 0 radical (unpaired) electrons. The van der Waals surface area contributed by atoms with Crippen LogP contribution in [0.4, 0.5) is 0 Å². The number of aryl methyl sites for hydroxylation is 2. The summed E-state index contributed by atoms with van der Waals surface area (Å²) >= 11 is 6.43. The van der Waals surface area contributed by atoms with Crippen LogP contribution in [0.1, 0.15) is 27.0 Å². The number of nitrogens with one attached hydrogen (secondary N) is 1. The van der Waals surface area contributed by atoms with Gasteiger partial charge in [0.25, 0.3) is 5.91 Å². The Morgan fingerprint density at radius 3 is 2.30 bits per heavy atom. The van der Waals surface area contributed by atoms with Crippen molar-refractivity contribution >= 4 is 44.0 Å². The summed E-state index contributed by atoms with van der Waals surface area (Å²) in [5.74, 6) is -0.444. The van der Waals surface area contributed by atoms with Crippen LogP contribution in [0.25, 0.3) is 0 Å². The molecule has 0 saturated heterocycles. The molecule has 1 amide bonds. The quantitative estimate of drug-likeness (QED) is 0.497. The first-order valence-electron chi connectivity index (χ1n) is 6.61. The van der Waals surface area contributed by atoms with Crippen molar-refractivity contribution in [2.24, 2.45) is 5.10 Å². The Labute approximate surface area is 150 Å². The molecule has 2 aromatic rings. The van der Waals surface area contributed by atoms with Crippen molar-refractivity contribution in [1.82, 2.24) is 5.43 Å². The molecule has 2 aromatic carbocycles. The van der Waals surface area contributed by atoms with E-state index in [0.717, 1.165) is 16.7 Å². The number of benzene rings is 2. The van der Waals surface area contributed by atoms with Crippen molar-refractivity contribution in [3.63, 3.8) is 0 Å². The van der Waals surface area contributed by atoms with Crippen LogP contribution in [-0.4, -0.2) is 22.3 Å². The first-order valence-corrected chi connectivity index (χ1v) is 8.20. The fourth-order valence-corrected chi connectivity index (χ4v) is 3.25. The molecular weight excluding hydrogens is 428 g/mol. The molecule has 0 fully saturated rings. The number of carbonyl (C=O) groups excluding carboxylic acids is 1. The smallest absolute Gasteiger partial charge is 0.275 e. The van der Waals surface area contributed by atoms with Crippen LogP contribution < -0.4 is 5.43 Å². The maximum Gasteiger partial charge on any atom is 0.275 e. The first kappa shape index (κ1) is 17.5. The van der Waals surface area contributed by atoms with E-state index in [4.69, 9.17) is 0 Å². The third-order valence-electron chi connectivity index (χ3n) is 3.17. The molecule has 0 aromatic heterocycles. The zero-order chi connectivity index (χ0) is 17.1. The maximum atomic E-state index is 12.1. The molecule has 0 aliphatic heterocycles. The minimum Gasteiger partial charge on any atom is -0.507 e. The van der Waals surface area contributed by atoms with Gasteiger partial charge in [-0.1, -0.05) is 15.9 Å². The molecule has 3 N–H and O–H groups in total. The van der Waals surface area contributed by atoms with E-state index in [1.54, 1.807) is 32.0 Å². The highest BCUT2D eigenvalue weighted by molar-refractivity contribution is 9.11. The van der Waals surface area contributed by atoms with E-state index in [2.05, 4.69) is 42.4 Å². The zero-order valence-electron chi connectivity index (χ0n) is 12.4. The molecule has 0 aliphatic carbocycles. The molecule has 0 unspecified atom stereocenters. The Hall–Kier alpha value is -1.86. The van der Waals surface area contributed by atoms with Crippen LogP contribution in [0.5, 0.6) is 11.5 Å². The lowest BCUT2D eigenvalue weighted by molar-refractivity contribution is 0.0952. The fraction of sp³-hybridized carbons (Fsp3) is 0.125. The molecule has 0 heterocycles. The summed E-state index contributed by atoms with van der Waals surface area (Å²) in [4.78, 5) is 12.1. The monoisotopic (exact) mass is 440 g/mol. The van der Waals surface area contributed by atoms with Gasteiger partial charge in [-0.2, -0.15) is 5.10 Å². The fourth-order valence-electron chi connectivity index (χ4n) is 2.03. The first-order chi connectivity index (χ1) is 10.8. The average molecular weight is 442 g/mol. The number of hydrogen-bond acceptors (Lipinski definition) is 4. The van der Waals surface area contributed by atoms with Gasteiger partial charge in [0.05, 0.1) is 16.3 Å². The third-order valence-corrected chi connectivity index (χ3v) is 4.23. The predicted octanol–water partition coefficient (Wildman–Crippen LogP) is 4.00. The number of phenolic OH excluding ortho intramolecular Hbond substituents is 2. The summed E-state index contributed by atoms with van der Waals surface area (Å²) in [5.41, 5.74) is 4.67. The largest absolute Gasteiger partial charge is 0.507 e. The standard InChI is InChI=1S/C16H14Br2N2O3/c1-8-3-10(4-9(2)14(8)21)7-19-20-16(23)12-5-11(17)6-13(18)15(12)22/h3-7,21-22H,1-2H3,(H,20,23)/b19-7+. The lowest BCUT2D eigenvalue weighted by Crippen LogP contribution is -2.18. The highest BCUT2D eigenvalue weighted by Gasteiger charge is 2.14. The molecule has 0 saturated carbocycles. The van der Waals surface area contributed by atoms with Gasteiger partial charge in [0, 0.05) is 4.47 Å². The van der Waals surface area contributed by atoms with Gasteiger partial charge in [-0.25, -0.2) is 5.43 Å².